The maximum Gasteiger partial charge on any atom is 0.168 e. The van der Waals surface area contributed by atoms with Gasteiger partial charge in [0, 0.05) is 22.4 Å². The predicted molar refractivity (Wildman–Crippen MR) is 157 cm³/mol. The molecule has 0 saturated heterocycles. The predicted octanol–water partition coefficient (Wildman–Crippen LogP) is 7.92. The Morgan fingerprint density at radius 3 is 1.85 bits per heavy atom. The van der Waals surface area contributed by atoms with Crippen molar-refractivity contribution < 1.29 is 0 Å². The second-order valence-corrected chi connectivity index (χ2v) is 9.49. The third-order valence-corrected chi connectivity index (χ3v) is 7.09. The van der Waals surface area contributed by atoms with Crippen molar-refractivity contribution in [1.82, 2.24) is 24.3 Å². The van der Waals surface area contributed by atoms with Gasteiger partial charge < -0.3 is 0 Å². The first-order chi connectivity index (χ1) is 19.3. The van der Waals surface area contributed by atoms with Crippen LogP contribution in [0.25, 0.3) is 56.0 Å². The molecule has 7 aromatic rings. The lowest BCUT2D eigenvalue weighted by Crippen LogP contribution is -2.02. The summed E-state index contributed by atoms with van der Waals surface area (Å²) in [6.07, 6.45) is 1.81. The minimum atomic E-state index is 0.768. The highest BCUT2D eigenvalue weighted by Gasteiger charge is 2.19. The molecule has 0 saturated carbocycles. The number of para-hydroxylation sites is 2. The van der Waals surface area contributed by atoms with Crippen LogP contribution in [0.1, 0.15) is 5.82 Å². The monoisotopic (exact) mass is 503 g/mol. The number of rotatable bonds is 5. The fourth-order valence-electron chi connectivity index (χ4n) is 5.34. The van der Waals surface area contributed by atoms with E-state index in [4.69, 9.17) is 4.98 Å². The van der Waals surface area contributed by atoms with Gasteiger partial charge in [0.25, 0.3) is 0 Å². The summed E-state index contributed by atoms with van der Waals surface area (Å²) in [7, 11) is 0. The molecule has 7 rings (SSSR count). The van der Waals surface area contributed by atoms with Gasteiger partial charge in [0.15, 0.2) is 5.82 Å². The second-order valence-electron chi connectivity index (χ2n) is 9.49. The van der Waals surface area contributed by atoms with E-state index in [9.17, 15) is 0 Å². The average Bonchev–Trinajstić information content (AvgIpc) is 3.61. The molecule has 186 valence electrons. The molecule has 0 bridgehead atoms. The molecule has 39 heavy (non-hydrogen) atoms. The van der Waals surface area contributed by atoms with Gasteiger partial charge in [0.2, 0.25) is 0 Å². The zero-order valence-electron chi connectivity index (χ0n) is 21.4. The molecule has 0 spiro atoms. The molecule has 2 aromatic heterocycles. The molecule has 2 heterocycles. The molecule has 0 aliphatic heterocycles. The number of benzene rings is 5. The Morgan fingerprint density at radius 2 is 1.21 bits per heavy atom. The van der Waals surface area contributed by atoms with Crippen LogP contribution in [-0.2, 0) is 0 Å². The van der Waals surface area contributed by atoms with E-state index >= 15 is 0 Å². The standard InChI is InChI=1S/C34H25N5/c1-24-36-31-22-27(20-21-32(31)39(24)28-16-9-4-10-17-28)34-37-35-23-38(34)33-29(25-12-5-2-6-13-25)18-11-19-30(33)26-14-7-3-8-15-26/h2-23H,1H3. The highest BCUT2D eigenvalue weighted by molar-refractivity contribution is 5.88. The number of nitrogens with zero attached hydrogens (tertiary/aromatic N) is 5. The van der Waals surface area contributed by atoms with Crippen molar-refractivity contribution in [3.63, 3.8) is 0 Å². The van der Waals surface area contributed by atoms with E-state index in [1.165, 1.54) is 0 Å². The zero-order chi connectivity index (χ0) is 26.2. The maximum atomic E-state index is 4.90. The van der Waals surface area contributed by atoms with E-state index in [2.05, 4.69) is 116 Å². The van der Waals surface area contributed by atoms with Gasteiger partial charge >= 0.3 is 0 Å². The first kappa shape index (κ1) is 22.9. The van der Waals surface area contributed by atoms with Crippen LogP contribution in [0.3, 0.4) is 0 Å². The van der Waals surface area contributed by atoms with E-state index in [0.717, 1.165) is 61.9 Å². The molecule has 0 amide bonds. The van der Waals surface area contributed by atoms with Gasteiger partial charge in [-0.2, -0.15) is 0 Å². The summed E-state index contributed by atoms with van der Waals surface area (Å²) in [5.74, 6) is 1.71. The van der Waals surface area contributed by atoms with Crippen LogP contribution < -0.4 is 0 Å². The number of aromatic nitrogens is 5. The van der Waals surface area contributed by atoms with Crippen molar-refractivity contribution in [2.45, 2.75) is 6.92 Å². The lowest BCUT2D eigenvalue weighted by atomic mass is 9.95. The van der Waals surface area contributed by atoms with Crippen LogP contribution in [0.5, 0.6) is 0 Å². The summed E-state index contributed by atoms with van der Waals surface area (Å²) in [5, 5.41) is 8.99. The van der Waals surface area contributed by atoms with Gasteiger partial charge in [0.05, 0.1) is 16.7 Å². The van der Waals surface area contributed by atoms with Crippen molar-refractivity contribution in [1.29, 1.82) is 0 Å². The summed E-state index contributed by atoms with van der Waals surface area (Å²) in [5.41, 5.74) is 9.58. The van der Waals surface area contributed by atoms with Crippen molar-refractivity contribution in [2.75, 3.05) is 0 Å². The molecule has 0 unspecified atom stereocenters. The van der Waals surface area contributed by atoms with Crippen LogP contribution in [0.15, 0.2) is 134 Å². The normalized spacial score (nSPS) is 11.2. The lowest BCUT2D eigenvalue weighted by Gasteiger charge is -2.18. The Hall–Kier alpha value is -5.29. The Balaban J connectivity index is 1.43. The van der Waals surface area contributed by atoms with Crippen molar-refractivity contribution in [3.05, 3.63) is 140 Å². The lowest BCUT2D eigenvalue weighted by molar-refractivity contribution is 1.00. The summed E-state index contributed by atoms with van der Waals surface area (Å²) in [4.78, 5) is 4.90. The van der Waals surface area contributed by atoms with E-state index in [1.54, 1.807) is 0 Å². The van der Waals surface area contributed by atoms with Gasteiger partial charge in [-0.1, -0.05) is 97.1 Å². The molecule has 5 nitrogen and oxygen atoms in total. The molecular formula is C34H25N5. The summed E-state index contributed by atoms with van der Waals surface area (Å²) >= 11 is 0. The largest absolute Gasteiger partial charge is 0.297 e. The first-order valence-electron chi connectivity index (χ1n) is 13.0. The number of hydrogen-bond donors (Lipinski definition) is 0. The smallest absolute Gasteiger partial charge is 0.168 e. The minimum Gasteiger partial charge on any atom is -0.297 e. The first-order valence-corrected chi connectivity index (χ1v) is 13.0. The molecule has 0 radical (unpaired) electrons. The maximum absolute atomic E-state index is 4.90. The van der Waals surface area contributed by atoms with Crippen molar-refractivity contribution >= 4 is 11.0 Å². The average molecular weight is 504 g/mol. The molecule has 5 heteroatoms. The Morgan fingerprint density at radius 1 is 0.590 bits per heavy atom. The summed E-state index contributed by atoms with van der Waals surface area (Å²) < 4.78 is 4.29. The fourth-order valence-corrected chi connectivity index (χ4v) is 5.34. The van der Waals surface area contributed by atoms with Gasteiger partial charge in [-0.15, -0.1) is 10.2 Å². The van der Waals surface area contributed by atoms with Crippen LogP contribution in [0.2, 0.25) is 0 Å². The summed E-state index contributed by atoms with van der Waals surface area (Å²) in [6.45, 7) is 2.04. The molecule has 0 N–H and O–H groups in total. The molecule has 0 atom stereocenters. The van der Waals surface area contributed by atoms with Crippen molar-refractivity contribution in [3.8, 4) is 45.0 Å². The number of fused-ring (bicyclic) bond motifs is 1. The second kappa shape index (κ2) is 9.54. The van der Waals surface area contributed by atoms with Gasteiger partial charge in [0.1, 0.15) is 12.2 Å². The van der Waals surface area contributed by atoms with Crippen LogP contribution >= 0.6 is 0 Å². The Kier molecular flexibility index (Phi) is 5.60. The third kappa shape index (κ3) is 4.01. The Bertz CT molecular complexity index is 1840. The summed E-state index contributed by atoms with van der Waals surface area (Å²) in [6, 6.07) is 44.0. The molecule has 0 fully saturated rings. The topological polar surface area (TPSA) is 48.5 Å². The highest BCUT2D eigenvalue weighted by atomic mass is 15.3. The number of hydrogen-bond acceptors (Lipinski definition) is 3. The van der Waals surface area contributed by atoms with Crippen LogP contribution in [-0.4, -0.2) is 24.3 Å². The molecule has 0 aliphatic carbocycles. The SMILES string of the molecule is Cc1nc2cc(-c3nncn3-c3c(-c4ccccc4)cccc3-c3ccccc3)ccc2n1-c1ccccc1. The van der Waals surface area contributed by atoms with Gasteiger partial charge in [-0.3, -0.25) is 9.13 Å². The van der Waals surface area contributed by atoms with E-state index in [0.29, 0.717) is 0 Å². The van der Waals surface area contributed by atoms with E-state index in [1.807, 2.05) is 43.6 Å². The quantitative estimate of drug-likeness (QED) is 0.240. The molecular weight excluding hydrogens is 478 g/mol. The number of aryl methyl sites for hydroxylation is 1. The number of imidazole rings is 1. The zero-order valence-corrected chi connectivity index (χ0v) is 21.4. The van der Waals surface area contributed by atoms with E-state index in [-0.39, 0.29) is 0 Å². The Labute approximate surface area is 226 Å². The minimum absolute atomic E-state index is 0.768. The molecule has 5 aromatic carbocycles. The highest BCUT2D eigenvalue weighted by Crippen LogP contribution is 2.37. The van der Waals surface area contributed by atoms with Gasteiger partial charge in [-0.25, -0.2) is 4.98 Å². The van der Waals surface area contributed by atoms with Crippen LogP contribution in [0, 0.1) is 6.92 Å². The van der Waals surface area contributed by atoms with Crippen molar-refractivity contribution in [2.24, 2.45) is 0 Å². The van der Waals surface area contributed by atoms with E-state index < -0.39 is 0 Å². The molecule has 0 aliphatic rings. The van der Waals surface area contributed by atoms with Crippen LogP contribution in [0.4, 0.5) is 0 Å². The van der Waals surface area contributed by atoms with Gasteiger partial charge in [-0.05, 0) is 48.4 Å². The third-order valence-electron chi connectivity index (χ3n) is 7.09. The fraction of sp³-hybridized carbons (Fsp3) is 0.0294.